The van der Waals surface area contributed by atoms with E-state index in [1.165, 1.54) is 49.1 Å². The van der Waals surface area contributed by atoms with Gasteiger partial charge >= 0.3 is 11.9 Å². The van der Waals surface area contributed by atoms with Crippen LogP contribution < -0.4 is 5.32 Å². The number of carboxylic acids is 2. The van der Waals surface area contributed by atoms with E-state index in [2.05, 4.69) is 15.3 Å². The summed E-state index contributed by atoms with van der Waals surface area (Å²) in [6.07, 6.45) is 5.83. The Morgan fingerprint density at radius 2 is 1.32 bits per heavy atom. The first-order valence-corrected chi connectivity index (χ1v) is 6.04. The zero-order valence-corrected chi connectivity index (χ0v) is 11.3. The van der Waals surface area contributed by atoms with Gasteiger partial charge in [0.25, 0.3) is 5.91 Å². The molecule has 22 heavy (non-hydrogen) atoms. The summed E-state index contributed by atoms with van der Waals surface area (Å²) in [5.74, 6) is -2.40. The number of aliphatic carboxylic acids is 1. The van der Waals surface area contributed by atoms with E-state index in [9.17, 15) is 14.4 Å². The van der Waals surface area contributed by atoms with Crippen LogP contribution in [-0.4, -0.2) is 44.6 Å². The van der Waals surface area contributed by atoms with Gasteiger partial charge in [0.1, 0.15) is 6.54 Å². The molecule has 2 aromatic rings. The molecule has 0 unspecified atom stereocenters. The second-order valence-electron chi connectivity index (χ2n) is 3.85. The molecule has 0 spiro atoms. The fraction of sp³-hybridized carbons (Fsp3) is 0.0714. The summed E-state index contributed by atoms with van der Waals surface area (Å²) in [4.78, 5) is 38.8. The number of amides is 1. The predicted molar refractivity (Wildman–Crippen MR) is 75.4 cm³/mol. The van der Waals surface area contributed by atoms with Crippen LogP contribution in [0.3, 0.4) is 0 Å². The highest BCUT2D eigenvalue weighted by atomic mass is 16.4. The Hall–Kier alpha value is -3.29. The van der Waals surface area contributed by atoms with E-state index in [1.54, 1.807) is 0 Å². The van der Waals surface area contributed by atoms with Gasteiger partial charge in [-0.1, -0.05) is 0 Å². The molecule has 3 N–H and O–H groups in total. The van der Waals surface area contributed by atoms with Crippen molar-refractivity contribution in [2.24, 2.45) is 0 Å². The smallest absolute Gasteiger partial charge is 0.335 e. The highest BCUT2D eigenvalue weighted by Gasteiger charge is 2.05. The minimum atomic E-state index is -1.07. The Kier molecular flexibility index (Phi) is 6.70. The number of aromatic nitrogens is 2. The number of carboxylic acid groups (broad SMARTS) is 2. The van der Waals surface area contributed by atoms with Crippen LogP contribution in [0.25, 0.3) is 0 Å². The summed E-state index contributed by atoms with van der Waals surface area (Å²) in [6, 6.07) is 5.92. The Bertz CT molecular complexity index is 631. The van der Waals surface area contributed by atoms with Crippen molar-refractivity contribution in [3.8, 4) is 0 Å². The van der Waals surface area contributed by atoms with Gasteiger partial charge in [-0.15, -0.1) is 0 Å². The predicted octanol–water partition coefficient (Wildman–Crippen LogP) is 0.676. The number of carbonyl (C=O) groups is 3. The van der Waals surface area contributed by atoms with Crippen molar-refractivity contribution in [1.29, 1.82) is 0 Å². The molecule has 0 aliphatic carbocycles. The van der Waals surface area contributed by atoms with Gasteiger partial charge in [-0.05, 0) is 24.3 Å². The van der Waals surface area contributed by atoms with Gasteiger partial charge in [0.05, 0.1) is 5.56 Å². The van der Waals surface area contributed by atoms with Gasteiger partial charge in [0, 0.05) is 30.4 Å². The third-order valence-corrected chi connectivity index (χ3v) is 2.27. The van der Waals surface area contributed by atoms with Crippen molar-refractivity contribution in [2.45, 2.75) is 0 Å². The van der Waals surface area contributed by atoms with Crippen LogP contribution in [0.2, 0.25) is 0 Å². The third kappa shape index (κ3) is 6.24. The number of aromatic carboxylic acids is 1. The molecule has 114 valence electrons. The molecule has 2 rings (SSSR count). The normalized spacial score (nSPS) is 9.09. The Morgan fingerprint density at radius 3 is 1.68 bits per heavy atom. The number of pyridine rings is 2. The maximum absolute atomic E-state index is 11.1. The number of nitrogens with one attached hydrogen (secondary N) is 1. The quantitative estimate of drug-likeness (QED) is 0.757. The van der Waals surface area contributed by atoms with E-state index >= 15 is 0 Å². The summed E-state index contributed by atoms with van der Waals surface area (Å²) in [5, 5.41) is 18.9. The summed E-state index contributed by atoms with van der Waals surface area (Å²) in [5.41, 5.74) is 0.668. The van der Waals surface area contributed by atoms with Gasteiger partial charge in [-0.25, -0.2) is 4.79 Å². The maximum Gasteiger partial charge on any atom is 0.335 e. The fourth-order valence-electron chi connectivity index (χ4n) is 1.26. The molecule has 0 bridgehead atoms. The van der Waals surface area contributed by atoms with Crippen molar-refractivity contribution >= 4 is 17.8 Å². The lowest BCUT2D eigenvalue weighted by atomic mass is 10.2. The molecular weight excluding hydrogens is 290 g/mol. The highest BCUT2D eigenvalue weighted by Crippen LogP contribution is 1.94. The molecule has 2 heterocycles. The lowest BCUT2D eigenvalue weighted by Gasteiger charge is -2.00. The Balaban J connectivity index is 0.000000235. The molecule has 0 aromatic carbocycles. The molecule has 8 heteroatoms. The lowest BCUT2D eigenvalue weighted by Crippen LogP contribution is -2.29. The van der Waals surface area contributed by atoms with Crippen LogP contribution in [0.5, 0.6) is 0 Å². The van der Waals surface area contributed by atoms with E-state index in [4.69, 9.17) is 10.2 Å². The van der Waals surface area contributed by atoms with Crippen LogP contribution in [-0.2, 0) is 4.79 Å². The van der Waals surface area contributed by atoms with Crippen LogP contribution in [0.1, 0.15) is 20.7 Å². The summed E-state index contributed by atoms with van der Waals surface area (Å²) in [6.45, 7) is -0.374. The van der Waals surface area contributed by atoms with E-state index in [1.807, 2.05) is 0 Å². The Labute approximate surface area is 125 Å². The van der Waals surface area contributed by atoms with Gasteiger partial charge in [0.2, 0.25) is 0 Å². The van der Waals surface area contributed by atoms with Crippen molar-refractivity contribution < 1.29 is 24.6 Å². The van der Waals surface area contributed by atoms with Crippen LogP contribution in [0.4, 0.5) is 0 Å². The fourth-order valence-corrected chi connectivity index (χ4v) is 1.26. The van der Waals surface area contributed by atoms with E-state index in [0.29, 0.717) is 5.56 Å². The summed E-state index contributed by atoms with van der Waals surface area (Å²) < 4.78 is 0. The number of hydrogen-bond acceptors (Lipinski definition) is 5. The topological polar surface area (TPSA) is 129 Å². The molecule has 0 radical (unpaired) electrons. The van der Waals surface area contributed by atoms with E-state index < -0.39 is 17.8 Å². The Morgan fingerprint density at radius 1 is 0.864 bits per heavy atom. The first-order chi connectivity index (χ1) is 10.5. The summed E-state index contributed by atoms with van der Waals surface area (Å²) >= 11 is 0. The van der Waals surface area contributed by atoms with Crippen LogP contribution in [0, 0.1) is 0 Å². The molecule has 0 fully saturated rings. The minimum absolute atomic E-state index is 0.269. The zero-order chi connectivity index (χ0) is 16.4. The average Bonchev–Trinajstić information content (AvgIpc) is 2.55. The molecule has 0 aliphatic rings. The number of nitrogens with zero attached hydrogens (tertiary/aromatic N) is 2. The molecule has 0 saturated carbocycles. The van der Waals surface area contributed by atoms with Crippen molar-refractivity contribution in [3.63, 3.8) is 0 Å². The molecule has 0 aliphatic heterocycles. The standard InChI is InChI=1S/C8H8N2O3.C6H5NO2/c11-7(12)5-10-8(13)6-1-3-9-4-2-6;8-6(9)5-1-3-7-4-2-5/h1-4H,5H2,(H,10,13)(H,11,12);1-4H,(H,8,9). The number of rotatable bonds is 4. The molecule has 0 saturated heterocycles. The van der Waals surface area contributed by atoms with Gasteiger partial charge in [0.15, 0.2) is 0 Å². The molecule has 2 aromatic heterocycles. The monoisotopic (exact) mass is 303 g/mol. The highest BCUT2D eigenvalue weighted by molar-refractivity contribution is 5.95. The first-order valence-electron chi connectivity index (χ1n) is 6.04. The van der Waals surface area contributed by atoms with Crippen molar-refractivity contribution in [3.05, 3.63) is 60.2 Å². The molecule has 8 nitrogen and oxygen atoms in total. The summed E-state index contributed by atoms with van der Waals surface area (Å²) in [7, 11) is 0. The zero-order valence-electron chi connectivity index (χ0n) is 11.3. The lowest BCUT2D eigenvalue weighted by molar-refractivity contribution is -0.135. The second-order valence-corrected chi connectivity index (χ2v) is 3.85. The van der Waals surface area contributed by atoms with Gasteiger partial charge in [-0.2, -0.15) is 0 Å². The molecule has 1 amide bonds. The largest absolute Gasteiger partial charge is 0.480 e. The van der Waals surface area contributed by atoms with Crippen LogP contribution >= 0.6 is 0 Å². The average molecular weight is 303 g/mol. The third-order valence-electron chi connectivity index (χ3n) is 2.27. The second kappa shape index (κ2) is 8.80. The first kappa shape index (κ1) is 16.8. The van der Waals surface area contributed by atoms with Gasteiger partial charge in [-0.3, -0.25) is 19.6 Å². The number of carbonyl (C=O) groups excluding carboxylic acids is 1. The molecule has 0 atom stereocenters. The SMILES string of the molecule is O=C(O)CNC(=O)c1ccncc1.O=C(O)c1ccncc1. The van der Waals surface area contributed by atoms with E-state index in [0.717, 1.165) is 0 Å². The maximum atomic E-state index is 11.1. The van der Waals surface area contributed by atoms with Crippen LogP contribution in [0.15, 0.2) is 49.1 Å². The van der Waals surface area contributed by atoms with Crippen molar-refractivity contribution in [1.82, 2.24) is 15.3 Å². The number of hydrogen-bond donors (Lipinski definition) is 3. The van der Waals surface area contributed by atoms with Gasteiger partial charge < -0.3 is 15.5 Å². The molecular formula is C14H13N3O5. The van der Waals surface area contributed by atoms with E-state index in [-0.39, 0.29) is 12.1 Å². The van der Waals surface area contributed by atoms with Crippen molar-refractivity contribution in [2.75, 3.05) is 6.54 Å². The minimum Gasteiger partial charge on any atom is -0.480 e.